The van der Waals surface area contributed by atoms with E-state index < -0.39 is 6.09 Å². The van der Waals surface area contributed by atoms with Gasteiger partial charge in [0.25, 0.3) is 0 Å². The lowest BCUT2D eigenvalue weighted by Gasteiger charge is -2.32. The number of hydrogen-bond donors (Lipinski definition) is 2. The number of rotatable bonds is 10. The van der Waals surface area contributed by atoms with Crippen LogP contribution >= 0.6 is 0 Å². The van der Waals surface area contributed by atoms with E-state index in [1.54, 1.807) is 7.11 Å². The van der Waals surface area contributed by atoms with Gasteiger partial charge < -0.3 is 25.0 Å². The highest BCUT2D eigenvalue weighted by molar-refractivity contribution is 5.96. The Balaban J connectivity index is 0.961. The summed E-state index contributed by atoms with van der Waals surface area (Å²) in [7, 11) is 1.67. The number of carbonyl (C=O) groups excluding carboxylic acids is 3. The van der Waals surface area contributed by atoms with E-state index >= 15 is 0 Å². The molecule has 10 nitrogen and oxygen atoms in total. The first kappa shape index (κ1) is 32.5. The number of primary amides is 1. The van der Waals surface area contributed by atoms with Crippen LogP contribution in [0.15, 0.2) is 66.7 Å². The van der Waals surface area contributed by atoms with Crippen molar-refractivity contribution in [3.8, 4) is 16.9 Å². The van der Waals surface area contributed by atoms with Gasteiger partial charge >= 0.3 is 6.09 Å². The van der Waals surface area contributed by atoms with Gasteiger partial charge in [0, 0.05) is 62.3 Å². The Morgan fingerprint density at radius 3 is 2.30 bits per heavy atom. The predicted molar refractivity (Wildman–Crippen MR) is 182 cm³/mol. The molecule has 0 aromatic heterocycles. The largest absolute Gasteiger partial charge is 0.496 e. The van der Waals surface area contributed by atoms with Crippen LogP contribution in [0.25, 0.3) is 11.1 Å². The van der Waals surface area contributed by atoms with Crippen molar-refractivity contribution in [2.75, 3.05) is 56.6 Å². The average Bonchev–Trinajstić information content (AvgIpc) is 3.51. The first-order valence-electron chi connectivity index (χ1n) is 16.7. The van der Waals surface area contributed by atoms with Crippen LogP contribution in [0.4, 0.5) is 16.2 Å². The standard InChI is InChI=1S/C37H45N5O5/c1-46-34-24-33-28(23-29(34)25-41-17-11-27(12-18-41)36(38)44)13-22-42(33)35(43)16-21-40-19-14-30(15-20-40)47-37(45)39-32-10-6-5-9-31(32)26-7-3-2-4-8-26/h2-10,23-24,27,30H,11-22,25H2,1H3,(H2,38,44)(H,39,45). The molecule has 6 rings (SSSR count). The number of methoxy groups -OCH3 is 1. The Morgan fingerprint density at radius 1 is 0.872 bits per heavy atom. The summed E-state index contributed by atoms with van der Waals surface area (Å²) in [6, 6.07) is 21.9. The second-order valence-corrected chi connectivity index (χ2v) is 12.8. The Labute approximate surface area is 276 Å². The summed E-state index contributed by atoms with van der Waals surface area (Å²) in [6.45, 7) is 5.30. The number of para-hydroxylation sites is 1. The third kappa shape index (κ3) is 7.94. The van der Waals surface area contributed by atoms with Crippen molar-refractivity contribution >= 4 is 29.3 Å². The Morgan fingerprint density at radius 2 is 1.57 bits per heavy atom. The Hall–Kier alpha value is -4.41. The van der Waals surface area contributed by atoms with Gasteiger partial charge in [-0.05, 0) is 68.5 Å². The molecule has 0 bridgehead atoms. The fourth-order valence-corrected chi connectivity index (χ4v) is 7.05. The number of hydrogen-bond acceptors (Lipinski definition) is 7. The van der Waals surface area contributed by atoms with Crippen molar-refractivity contribution in [2.24, 2.45) is 11.7 Å². The summed E-state index contributed by atoms with van der Waals surface area (Å²) in [5.41, 5.74) is 11.4. The van der Waals surface area contributed by atoms with E-state index in [4.69, 9.17) is 15.2 Å². The molecule has 0 unspecified atom stereocenters. The summed E-state index contributed by atoms with van der Waals surface area (Å²) >= 11 is 0. The zero-order valence-corrected chi connectivity index (χ0v) is 27.2. The Bertz CT molecular complexity index is 1560. The maximum Gasteiger partial charge on any atom is 0.411 e. The van der Waals surface area contributed by atoms with Gasteiger partial charge in [0.1, 0.15) is 11.9 Å². The van der Waals surface area contributed by atoms with Crippen LogP contribution in [0.2, 0.25) is 0 Å². The Kier molecular flexibility index (Phi) is 10.4. The molecule has 47 heavy (non-hydrogen) atoms. The highest BCUT2D eigenvalue weighted by atomic mass is 16.6. The highest BCUT2D eigenvalue weighted by Crippen LogP contribution is 2.36. The zero-order valence-electron chi connectivity index (χ0n) is 27.2. The lowest BCUT2D eigenvalue weighted by atomic mass is 9.95. The lowest BCUT2D eigenvalue weighted by Crippen LogP contribution is -2.40. The maximum atomic E-state index is 13.4. The van der Waals surface area contributed by atoms with Gasteiger partial charge in [-0.15, -0.1) is 0 Å². The molecule has 0 spiro atoms. The number of carbonyl (C=O) groups is 3. The summed E-state index contributed by atoms with van der Waals surface area (Å²) in [5, 5.41) is 2.93. The molecule has 0 saturated carbocycles. The minimum absolute atomic E-state index is 0.0342. The minimum Gasteiger partial charge on any atom is -0.496 e. The van der Waals surface area contributed by atoms with E-state index in [1.165, 1.54) is 5.56 Å². The summed E-state index contributed by atoms with van der Waals surface area (Å²) in [4.78, 5) is 44.2. The fraction of sp³-hybridized carbons (Fsp3) is 0.432. The van der Waals surface area contributed by atoms with E-state index in [-0.39, 0.29) is 23.8 Å². The summed E-state index contributed by atoms with van der Waals surface area (Å²) in [5.74, 6) is 0.662. The highest BCUT2D eigenvalue weighted by Gasteiger charge is 2.29. The quantitative estimate of drug-likeness (QED) is 0.319. The first-order valence-corrected chi connectivity index (χ1v) is 16.7. The molecule has 0 atom stereocenters. The third-order valence-electron chi connectivity index (χ3n) is 9.76. The van der Waals surface area contributed by atoms with E-state index in [1.807, 2.05) is 65.6 Å². The molecule has 3 heterocycles. The van der Waals surface area contributed by atoms with Crippen LogP contribution in [0.3, 0.4) is 0 Å². The molecule has 10 heteroatoms. The van der Waals surface area contributed by atoms with Gasteiger partial charge in [0.2, 0.25) is 11.8 Å². The van der Waals surface area contributed by atoms with Gasteiger partial charge in [-0.3, -0.25) is 19.8 Å². The van der Waals surface area contributed by atoms with Gasteiger partial charge in [-0.1, -0.05) is 48.5 Å². The SMILES string of the molecule is COc1cc2c(cc1CN1CCC(C(N)=O)CC1)CCN2C(=O)CCN1CCC(OC(=O)Nc2ccccc2-c2ccccc2)CC1. The number of nitrogens with two attached hydrogens (primary N) is 1. The topological polar surface area (TPSA) is 117 Å². The van der Waals surface area contributed by atoms with Crippen LogP contribution in [-0.4, -0.2) is 80.2 Å². The molecule has 2 saturated heterocycles. The molecule has 0 aliphatic carbocycles. The van der Waals surface area contributed by atoms with Crippen LogP contribution < -0.4 is 20.7 Å². The molecule has 3 N–H and O–H groups in total. The number of anilines is 2. The second kappa shape index (κ2) is 15.0. The van der Waals surface area contributed by atoms with E-state index in [0.29, 0.717) is 19.5 Å². The van der Waals surface area contributed by atoms with Crippen molar-refractivity contribution in [2.45, 2.75) is 51.2 Å². The molecule has 248 valence electrons. The molecule has 3 aromatic carbocycles. The van der Waals surface area contributed by atoms with Crippen LogP contribution in [-0.2, 0) is 27.3 Å². The number of ether oxygens (including phenoxy) is 2. The van der Waals surface area contributed by atoms with Crippen LogP contribution in [0.1, 0.15) is 43.2 Å². The molecule has 3 amide bonds. The summed E-state index contributed by atoms with van der Waals surface area (Å²) < 4.78 is 11.6. The number of nitrogens with zero attached hydrogens (tertiary/aromatic N) is 3. The predicted octanol–water partition coefficient (Wildman–Crippen LogP) is 5.05. The molecule has 2 fully saturated rings. The van der Waals surface area contributed by atoms with Crippen molar-refractivity contribution in [3.63, 3.8) is 0 Å². The van der Waals surface area contributed by atoms with E-state index in [9.17, 15) is 14.4 Å². The second-order valence-electron chi connectivity index (χ2n) is 12.8. The van der Waals surface area contributed by atoms with Crippen LogP contribution in [0.5, 0.6) is 5.75 Å². The number of fused-ring (bicyclic) bond motifs is 1. The minimum atomic E-state index is -0.444. The first-order chi connectivity index (χ1) is 22.9. The molecular formula is C37H45N5O5. The van der Waals surface area contributed by atoms with Gasteiger partial charge in [-0.2, -0.15) is 0 Å². The zero-order chi connectivity index (χ0) is 32.8. The van der Waals surface area contributed by atoms with E-state index in [2.05, 4.69) is 21.2 Å². The van der Waals surface area contributed by atoms with Crippen LogP contribution in [0, 0.1) is 5.92 Å². The smallest absolute Gasteiger partial charge is 0.411 e. The van der Waals surface area contributed by atoms with Gasteiger partial charge in [0.15, 0.2) is 0 Å². The lowest BCUT2D eigenvalue weighted by molar-refractivity contribution is -0.123. The molecule has 0 radical (unpaired) electrons. The number of benzene rings is 3. The molecule has 3 aromatic rings. The van der Waals surface area contributed by atoms with Crippen molar-refractivity contribution in [1.29, 1.82) is 0 Å². The van der Waals surface area contributed by atoms with Gasteiger partial charge in [0.05, 0.1) is 18.5 Å². The van der Waals surface area contributed by atoms with E-state index in [0.717, 1.165) is 98.6 Å². The van der Waals surface area contributed by atoms with Crippen molar-refractivity contribution < 1.29 is 23.9 Å². The van der Waals surface area contributed by atoms with Gasteiger partial charge in [-0.25, -0.2) is 4.79 Å². The molecular weight excluding hydrogens is 594 g/mol. The maximum absolute atomic E-state index is 13.4. The molecule has 3 aliphatic rings. The summed E-state index contributed by atoms with van der Waals surface area (Å²) in [6.07, 6.45) is 3.68. The number of likely N-dealkylation sites (tertiary alicyclic amines) is 2. The fourth-order valence-electron chi connectivity index (χ4n) is 7.05. The third-order valence-corrected chi connectivity index (χ3v) is 9.76. The number of amides is 3. The number of piperidine rings is 2. The van der Waals surface area contributed by atoms with Crippen molar-refractivity contribution in [1.82, 2.24) is 9.80 Å². The van der Waals surface area contributed by atoms with Crippen molar-refractivity contribution in [3.05, 3.63) is 77.9 Å². The number of nitrogens with one attached hydrogen (secondary N) is 1. The normalized spacial score (nSPS) is 17.7. The monoisotopic (exact) mass is 639 g/mol. The average molecular weight is 640 g/mol. The molecule has 3 aliphatic heterocycles.